The maximum absolute atomic E-state index is 12.4. The van der Waals surface area contributed by atoms with Crippen LogP contribution in [0.1, 0.15) is 110 Å². The van der Waals surface area contributed by atoms with Crippen LogP contribution in [0.5, 0.6) is 0 Å². The van der Waals surface area contributed by atoms with Gasteiger partial charge in [-0.3, -0.25) is 4.79 Å². The van der Waals surface area contributed by atoms with Crippen LogP contribution in [-0.2, 0) is 4.79 Å². The molecule has 0 aliphatic carbocycles. The summed E-state index contributed by atoms with van der Waals surface area (Å²) in [5, 5.41) is 18.8. The Labute approximate surface area is 184 Å². The highest BCUT2D eigenvalue weighted by Gasteiger charge is 2.28. The first kappa shape index (κ1) is 29.3. The minimum Gasteiger partial charge on any atom is -0.481 e. The lowest BCUT2D eigenvalue weighted by Crippen LogP contribution is -2.15. The second kappa shape index (κ2) is 19.0. The van der Waals surface area contributed by atoms with E-state index in [0.29, 0.717) is 11.3 Å². The summed E-state index contributed by atoms with van der Waals surface area (Å²) in [6.07, 6.45) is 10.4. The summed E-state index contributed by atoms with van der Waals surface area (Å²) in [6.45, 7) is 2.23. The summed E-state index contributed by atoms with van der Waals surface area (Å²) in [6, 6.07) is 0. The van der Waals surface area contributed by atoms with Gasteiger partial charge in [0.2, 0.25) is 0 Å². The monoisotopic (exact) mass is 454 g/mol. The SMILES string of the molecule is CCCCCCCCCCCCCCC=C(SCCC(=O)O)[C@@H](O)CCC(F)(F)F. The molecule has 0 rings (SSSR count). The normalized spacial score (nSPS) is 13.6. The van der Waals surface area contributed by atoms with Crippen LogP contribution in [0.25, 0.3) is 0 Å². The van der Waals surface area contributed by atoms with Crippen molar-refractivity contribution in [2.45, 2.75) is 122 Å². The Bertz CT molecular complexity index is 453. The summed E-state index contributed by atoms with van der Waals surface area (Å²) in [5.41, 5.74) is 0. The Hall–Kier alpha value is -0.690. The topological polar surface area (TPSA) is 57.5 Å². The zero-order chi connectivity index (χ0) is 22.7. The summed E-state index contributed by atoms with van der Waals surface area (Å²) in [7, 11) is 0. The summed E-state index contributed by atoms with van der Waals surface area (Å²) >= 11 is 1.16. The maximum Gasteiger partial charge on any atom is 0.389 e. The fourth-order valence-corrected chi connectivity index (χ4v) is 4.28. The number of aliphatic carboxylic acids is 1. The molecule has 30 heavy (non-hydrogen) atoms. The zero-order valence-corrected chi connectivity index (χ0v) is 19.3. The number of carboxylic acid groups (broad SMARTS) is 1. The predicted molar refractivity (Wildman–Crippen MR) is 120 cm³/mol. The Balaban J connectivity index is 4.00. The summed E-state index contributed by atoms with van der Waals surface area (Å²) in [4.78, 5) is 11.1. The number of allylic oxidation sites excluding steroid dienone is 1. The average molecular weight is 455 g/mol. The van der Waals surface area contributed by atoms with Gasteiger partial charge in [-0.2, -0.15) is 13.2 Å². The molecular weight excluding hydrogens is 413 g/mol. The largest absolute Gasteiger partial charge is 0.481 e. The highest BCUT2D eigenvalue weighted by atomic mass is 32.2. The number of carbonyl (C=O) groups is 1. The molecule has 7 heteroatoms. The summed E-state index contributed by atoms with van der Waals surface area (Å²) < 4.78 is 37.2. The van der Waals surface area contributed by atoms with Crippen LogP contribution in [0.15, 0.2) is 11.0 Å². The van der Waals surface area contributed by atoms with Crippen LogP contribution >= 0.6 is 11.8 Å². The number of aliphatic hydroxyl groups is 1. The van der Waals surface area contributed by atoms with E-state index in [-0.39, 0.29) is 18.6 Å². The minimum atomic E-state index is -4.30. The quantitative estimate of drug-likeness (QED) is 0.184. The molecule has 0 heterocycles. The molecule has 0 amide bonds. The van der Waals surface area contributed by atoms with E-state index in [1.807, 2.05) is 0 Å². The van der Waals surface area contributed by atoms with E-state index in [1.54, 1.807) is 6.08 Å². The Morgan fingerprint density at radius 3 is 1.90 bits per heavy atom. The highest BCUT2D eigenvalue weighted by molar-refractivity contribution is 8.03. The third-order valence-electron chi connectivity index (χ3n) is 5.02. The van der Waals surface area contributed by atoms with Gasteiger partial charge in [0.1, 0.15) is 0 Å². The van der Waals surface area contributed by atoms with Crippen molar-refractivity contribution in [2.75, 3.05) is 5.75 Å². The molecule has 2 N–H and O–H groups in total. The van der Waals surface area contributed by atoms with Crippen molar-refractivity contribution in [3.63, 3.8) is 0 Å². The zero-order valence-electron chi connectivity index (χ0n) is 18.5. The molecular formula is C23H41F3O3S. The lowest BCUT2D eigenvalue weighted by molar-refractivity contribution is -0.139. The molecule has 0 fully saturated rings. The second-order valence-corrected chi connectivity index (χ2v) is 9.11. The van der Waals surface area contributed by atoms with Crippen LogP contribution in [-0.4, -0.2) is 34.2 Å². The van der Waals surface area contributed by atoms with E-state index in [4.69, 9.17) is 5.11 Å². The van der Waals surface area contributed by atoms with E-state index in [2.05, 4.69) is 6.92 Å². The number of carboxylic acids is 1. The van der Waals surface area contributed by atoms with Crippen molar-refractivity contribution in [3.8, 4) is 0 Å². The van der Waals surface area contributed by atoms with Gasteiger partial charge < -0.3 is 10.2 Å². The molecule has 0 spiro atoms. The van der Waals surface area contributed by atoms with Gasteiger partial charge in [0.25, 0.3) is 0 Å². The maximum atomic E-state index is 12.4. The van der Waals surface area contributed by atoms with Gasteiger partial charge in [-0.1, -0.05) is 83.6 Å². The minimum absolute atomic E-state index is 0.0768. The molecule has 0 aliphatic heterocycles. The fourth-order valence-electron chi connectivity index (χ4n) is 3.22. The van der Waals surface area contributed by atoms with Crippen LogP contribution in [0.2, 0.25) is 0 Å². The molecule has 0 unspecified atom stereocenters. The van der Waals surface area contributed by atoms with Gasteiger partial charge in [-0.05, 0) is 19.3 Å². The number of thioether (sulfide) groups is 1. The predicted octanol–water partition coefficient (Wildman–Crippen LogP) is 7.87. The van der Waals surface area contributed by atoms with Crippen molar-refractivity contribution >= 4 is 17.7 Å². The molecule has 178 valence electrons. The standard InChI is InChI=1S/C23H41F3O3S/c1-2-3-4-5-6-7-8-9-10-11-12-13-14-15-21(30-19-17-22(28)29)20(27)16-18-23(24,25)26/h15,20,27H,2-14,16-19H2,1H3,(H,28,29)/t20-/m0/s1. The van der Waals surface area contributed by atoms with Crippen LogP contribution in [0.3, 0.4) is 0 Å². The van der Waals surface area contributed by atoms with Gasteiger partial charge in [0, 0.05) is 17.1 Å². The third kappa shape index (κ3) is 20.6. The number of hydrogen-bond donors (Lipinski definition) is 2. The van der Waals surface area contributed by atoms with E-state index >= 15 is 0 Å². The Morgan fingerprint density at radius 1 is 0.933 bits per heavy atom. The molecule has 0 bridgehead atoms. The third-order valence-corrected chi connectivity index (χ3v) is 6.20. The van der Waals surface area contributed by atoms with Gasteiger partial charge in [-0.15, -0.1) is 11.8 Å². The molecule has 0 saturated carbocycles. The van der Waals surface area contributed by atoms with Crippen molar-refractivity contribution in [1.82, 2.24) is 0 Å². The molecule has 0 aromatic heterocycles. The lowest BCUT2D eigenvalue weighted by Gasteiger charge is -2.16. The smallest absolute Gasteiger partial charge is 0.389 e. The molecule has 0 radical (unpaired) electrons. The number of halogens is 3. The first-order valence-corrected chi connectivity index (χ1v) is 12.5. The second-order valence-electron chi connectivity index (χ2n) is 7.95. The first-order valence-electron chi connectivity index (χ1n) is 11.6. The Kier molecular flexibility index (Phi) is 18.6. The van der Waals surface area contributed by atoms with Gasteiger partial charge in [0.15, 0.2) is 0 Å². The molecule has 0 saturated heterocycles. The van der Waals surface area contributed by atoms with Crippen LogP contribution in [0, 0.1) is 0 Å². The molecule has 3 nitrogen and oxygen atoms in total. The molecule has 0 aromatic rings. The Morgan fingerprint density at radius 2 is 1.43 bits per heavy atom. The van der Waals surface area contributed by atoms with Gasteiger partial charge in [-0.25, -0.2) is 0 Å². The van der Waals surface area contributed by atoms with Gasteiger partial charge >= 0.3 is 12.1 Å². The van der Waals surface area contributed by atoms with Crippen LogP contribution < -0.4 is 0 Å². The lowest BCUT2D eigenvalue weighted by atomic mass is 10.0. The first-order chi connectivity index (χ1) is 14.3. The molecule has 0 aliphatic rings. The number of rotatable bonds is 20. The van der Waals surface area contributed by atoms with Crippen molar-refractivity contribution in [3.05, 3.63) is 11.0 Å². The number of aliphatic hydroxyl groups excluding tert-OH is 1. The number of alkyl halides is 3. The summed E-state index contributed by atoms with van der Waals surface area (Å²) in [5.74, 6) is -0.699. The van der Waals surface area contributed by atoms with Crippen molar-refractivity contribution in [1.29, 1.82) is 0 Å². The van der Waals surface area contributed by atoms with Crippen LogP contribution in [0.4, 0.5) is 13.2 Å². The van der Waals surface area contributed by atoms with E-state index in [9.17, 15) is 23.1 Å². The van der Waals surface area contributed by atoms with E-state index < -0.39 is 24.7 Å². The number of unbranched alkanes of at least 4 members (excludes halogenated alkanes) is 12. The average Bonchev–Trinajstić information content (AvgIpc) is 2.67. The molecule has 1 atom stereocenters. The van der Waals surface area contributed by atoms with E-state index in [1.165, 1.54) is 57.8 Å². The van der Waals surface area contributed by atoms with Crippen molar-refractivity contribution < 1.29 is 28.2 Å². The van der Waals surface area contributed by atoms with E-state index in [0.717, 1.165) is 31.0 Å². The van der Waals surface area contributed by atoms with Gasteiger partial charge in [0.05, 0.1) is 12.5 Å². The van der Waals surface area contributed by atoms with Crippen molar-refractivity contribution in [2.24, 2.45) is 0 Å². The fraction of sp³-hybridized carbons (Fsp3) is 0.870. The number of hydrogen-bond acceptors (Lipinski definition) is 3. The molecule has 0 aromatic carbocycles. The highest BCUT2D eigenvalue weighted by Crippen LogP contribution is 2.29.